The quantitative estimate of drug-likeness (QED) is 0.671. The number of aryl methyl sites for hydroxylation is 2. The molecule has 1 heterocycles. The van der Waals surface area contributed by atoms with Gasteiger partial charge in [0.2, 0.25) is 15.9 Å². The Labute approximate surface area is 157 Å². The molecule has 0 spiro atoms. The summed E-state index contributed by atoms with van der Waals surface area (Å²) in [5.41, 5.74) is 4.31. The summed E-state index contributed by atoms with van der Waals surface area (Å²) in [5.74, 6) is -0.148. The monoisotopic (exact) mass is 387 g/mol. The SMILES string of the molecule is Cc1cc(C)c2onc(CC(=O)NCCc3ccc(S(N)(=O)=O)cc3)c2c1. The topological polar surface area (TPSA) is 115 Å². The fraction of sp³-hybridized carbons (Fsp3) is 0.263. The van der Waals surface area contributed by atoms with Gasteiger partial charge in [-0.1, -0.05) is 23.4 Å². The maximum Gasteiger partial charge on any atom is 0.238 e. The first-order valence-electron chi connectivity index (χ1n) is 8.48. The number of hydrogen-bond acceptors (Lipinski definition) is 5. The Morgan fingerprint density at radius 1 is 1.19 bits per heavy atom. The first kappa shape index (κ1) is 19.1. The predicted molar refractivity (Wildman–Crippen MR) is 102 cm³/mol. The number of primary sulfonamides is 1. The molecule has 0 aliphatic heterocycles. The van der Waals surface area contributed by atoms with Crippen LogP contribution in [-0.4, -0.2) is 26.0 Å². The number of sulfonamides is 1. The average Bonchev–Trinajstić information content (AvgIpc) is 2.97. The van der Waals surface area contributed by atoms with Crippen LogP contribution in [0.2, 0.25) is 0 Å². The van der Waals surface area contributed by atoms with Gasteiger partial charge >= 0.3 is 0 Å². The van der Waals surface area contributed by atoms with Crippen LogP contribution in [0.15, 0.2) is 45.8 Å². The average molecular weight is 387 g/mol. The molecule has 1 aromatic heterocycles. The Kier molecular flexibility index (Phi) is 5.29. The first-order chi connectivity index (χ1) is 12.7. The van der Waals surface area contributed by atoms with Gasteiger partial charge in [0.1, 0.15) is 5.69 Å². The molecule has 3 aromatic rings. The van der Waals surface area contributed by atoms with Crippen LogP contribution in [0.25, 0.3) is 11.0 Å². The Hall–Kier alpha value is -2.71. The summed E-state index contributed by atoms with van der Waals surface area (Å²) < 4.78 is 27.8. The van der Waals surface area contributed by atoms with E-state index in [9.17, 15) is 13.2 Å². The molecule has 0 saturated carbocycles. The maximum atomic E-state index is 12.2. The van der Waals surface area contributed by atoms with Crippen LogP contribution >= 0.6 is 0 Å². The number of hydrogen-bond donors (Lipinski definition) is 2. The van der Waals surface area contributed by atoms with Gasteiger partial charge in [-0.05, 0) is 55.2 Å². The van der Waals surface area contributed by atoms with Crippen LogP contribution < -0.4 is 10.5 Å². The summed E-state index contributed by atoms with van der Waals surface area (Å²) in [6, 6.07) is 10.3. The largest absolute Gasteiger partial charge is 0.356 e. The predicted octanol–water partition coefficient (Wildman–Crippen LogP) is 1.99. The highest BCUT2D eigenvalue weighted by Gasteiger charge is 2.14. The lowest BCUT2D eigenvalue weighted by Gasteiger charge is -2.05. The lowest BCUT2D eigenvalue weighted by atomic mass is 10.1. The van der Waals surface area contributed by atoms with E-state index in [0.29, 0.717) is 24.2 Å². The Balaban J connectivity index is 1.58. The fourth-order valence-electron chi connectivity index (χ4n) is 2.97. The van der Waals surface area contributed by atoms with Gasteiger partial charge in [0.25, 0.3) is 0 Å². The van der Waals surface area contributed by atoms with Crippen LogP contribution in [0.3, 0.4) is 0 Å². The van der Waals surface area contributed by atoms with Gasteiger partial charge in [-0.15, -0.1) is 0 Å². The van der Waals surface area contributed by atoms with Crippen molar-refractivity contribution in [3.05, 3.63) is 58.8 Å². The fourth-order valence-corrected chi connectivity index (χ4v) is 3.49. The molecule has 0 fully saturated rings. The van der Waals surface area contributed by atoms with Gasteiger partial charge in [0.05, 0.1) is 11.3 Å². The number of carbonyl (C=O) groups is 1. The van der Waals surface area contributed by atoms with E-state index in [4.69, 9.17) is 9.66 Å². The first-order valence-corrected chi connectivity index (χ1v) is 10.0. The van der Waals surface area contributed by atoms with Crippen molar-refractivity contribution in [2.75, 3.05) is 6.54 Å². The summed E-state index contributed by atoms with van der Waals surface area (Å²) in [7, 11) is -3.69. The van der Waals surface area contributed by atoms with Crippen molar-refractivity contribution in [3.8, 4) is 0 Å². The second-order valence-electron chi connectivity index (χ2n) is 6.55. The van der Waals surface area contributed by atoms with E-state index in [1.54, 1.807) is 12.1 Å². The molecule has 0 saturated heterocycles. The van der Waals surface area contributed by atoms with Gasteiger partial charge in [-0.25, -0.2) is 13.6 Å². The summed E-state index contributed by atoms with van der Waals surface area (Å²) in [6.07, 6.45) is 0.717. The highest BCUT2D eigenvalue weighted by atomic mass is 32.2. The number of aromatic nitrogens is 1. The smallest absolute Gasteiger partial charge is 0.238 e. The van der Waals surface area contributed by atoms with Gasteiger partial charge in [0, 0.05) is 11.9 Å². The van der Waals surface area contributed by atoms with E-state index in [1.807, 2.05) is 26.0 Å². The second-order valence-corrected chi connectivity index (χ2v) is 8.11. The van der Waals surface area contributed by atoms with Crippen molar-refractivity contribution in [2.45, 2.75) is 31.6 Å². The molecule has 142 valence electrons. The molecule has 27 heavy (non-hydrogen) atoms. The van der Waals surface area contributed by atoms with Crippen molar-refractivity contribution < 1.29 is 17.7 Å². The Bertz CT molecular complexity index is 1090. The number of amides is 1. The van der Waals surface area contributed by atoms with Crippen LogP contribution in [0.5, 0.6) is 0 Å². The van der Waals surface area contributed by atoms with Crippen molar-refractivity contribution >= 4 is 26.9 Å². The molecule has 1 amide bonds. The Morgan fingerprint density at radius 3 is 2.56 bits per heavy atom. The number of nitrogens with zero attached hydrogens (tertiary/aromatic N) is 1. The molecule has 8 heteroatoms. The number of rotatable bonds is 6. The third-order valence-electron chi connectivity index (χ3n) is 4.29. The zero-order valence-corrected chi connectivity index (χ0v) is 16.0. The summed E-state index contributed by atoms with van der Waals surface area (Å²) in [4.78, 5) is 12.3. The van der Waals surface area contributed by atoms with Crippen LogP contribution in [0, 0.1) is 13.8 Å². The van der Waals surface area contributed by atoms with Crippen LogP contribution in [0.4, 0.5) is 0 Å². The van der Waals surface area contributed by atoms with Crippen LogP contribution in [-0.2, 0) is 27.7 Å². The lowest BCUT2D eigenvalue weighted by molar-refractivity contribution is -0.120. The molecule has 0 bridgehead atoms. The number of carbonyl (C=O) groups excluding carboxylic acids is 1. The van der Waals surface area contributed by atoms with E-state index in [0.717, 1.165) is 22.1 Å². The van der Waals surface area contributed by atoms with E-state index >= 15 is 0 Å². The Morgan fingerprint density at radius 2 is 1.89 bits per heavy atom. The van der Waals surface area contributed by atoms with Gasteiger partial charge in [-0.2, -0.15) is 0 Å². The van der Waals surface area contributed by atoms with E-state index in [1.165, 1.54) is 12.1 Å². The molecule has 0 aliphatic carbocycles. The van der Waals surface area contributed by atoms with E-state index in [2.05, 4.69) is 10.5 Å². The molecule has 2 aromatic carbocycles. The van der Waals surface area contributed by atoms with Crippen LogP contribution in [0.1, 0.15) is 22.4 Å². The molecule has 7 nitrogen and oxygen atoms in total. The van der Waals surface area contributed by atoms with Gasteiger partial charge in [-0.3, -0.25) is 4.79 Å². The summed E-state index contributed by atoms with van der Waals surface area (Å²) >= 11 is 0. The molecule has 3 rings (SSSR count). The van der Waals surface area contributed by atoms with Crippen molar-refractivity contribution in [1.29, 1.82) is 0 Å². The molecule has 0 unspecified atom stereocenters. The molecular weight excluding hydrogens is 366 g/mol. The van der Waals surface area contributed by atoms with Crippen molar-refractivity contribution in [3.63, 3.8) is 0 Å². The van der Waals surface area contributed by atoms with Crippen molar-refractivity contribution in [1.82, 2.24) is 10.5 Å². The molecular formula is C19H21N3O4S. The zero-order valence-electron chi connectivity index (χ0n) is 15.2. The summed E-state index contributed by atoms with van der Waals surface area (Å²) in [5, 5.41) is 12.8. The third kappa shape index (κ3) is 4.53. The number of benzene rings is 2. The minimum atomic E-state index is -3.69. The minimum absolute atomic E-state index is 0.0683. The minimum Gasteiger partial charge on any atom is -0.356 e. The zero-order chi connectivity index (χ0) is 19.6. The van der Waals surface area contributed by atoms with Crippen molar-refractivity contribution in [2.24, 2.45) is 5.14 Å². The summed E-state index contributed by atoms with van der Waals surface area (Å²) in [6.45, 7) is 4.37. The number of nitrogens with one attached hydrogen (secondary N) is 1. The van der Waals surface area contributed by atoms with E-state index in [-0.39, 0.29) is 17.2 Å². The standard InChI is InChI=1S/C19H21N3O4S/c1-12-9-13(2)19-16(10-12)17(22-26-19)11-18(23)21-8-7-14-3-5-15(6-4-14)27(20,24)25/h3-6,9-10H,7-8,11H2,1-2H3,(H,21,23)(H2,20,24,25). The molecule has 3 N–H and O–H groups in total. The highest BCUT2D eigenvalue weighted by molar-refractivity contribution is 7.89. The van der Waals surface area contributed by atoms with Gasteiger partial charge in [0.15, 0.2) is 5.58 Å². The normalized spacial score (nSPS) is 11.7. The highest BCUT2D eigenvalue weighted by Crippen LogP contribution is 2.24. The lowest BCUT2D eigenvalue weighted by Crippen LogP contribution is -2.27. The maximum absolute atomic E-state index is 12.2. The number of fused-ring (bicyclic) bond motifs is 1. The third-order valence-corrected chi connectivity index (χ3v) is 5.22. The van der Waals surface area contributed by atoms with E-state index < -0.39 is 10.0 Å². The molecule has 0 aliphatic rings. The molecule has 0 atom stereocenters. The second kappa shape index (κ2) is 7.50. The van der Waals surface area contributed by atoms with Gasteiger partial charge < -0.3 is 9.84 Å². The molecule has 0 radical (unpaired) electrons. The number of nitrogens with two attached hydrogens (primary N) is 1.